The fraction of sp³-hybridized carbons (Fsp3) is 0.404. The maximum atomic E-state index is 16.0. The van der Waals surface area contributed by atoms with Crippen LogP contribution >= 0.6 is 0 Å². The van der Waals surface area contributed by atoms with Gasteiger partial charge in [0.1, 0.15) is 47.1 Å². The first-order valence-electron chi connectivity index (χ1n) is 21.9. The number of H-pyrrole nitrogens is 2. The molecule has 3 aliphatic heterocycles. The number of hydrogen-bond donors (Lipinski definition) is 4. The van der Waals surface area contributed by atoms with E-state index in [2.05, 4.69) is 30.6 Å². The van der Waals surface area contributed by atoms with Crippen LogP contribution in [-0.2, 0) is 23.9 Å². The number of hydrogen-bond acceptors (Lipinski definition) is 9. The van der Waals surface area contributed by atoms with Crippen LogP contribution in [-0.4, -0.2) is 100 Å². The molecule has 15 nitrogen and oxygen atoms in total. The van der Waals surface area contributed by atoms with Crippen molar-refractivity contribution in [3.63, 3.8) is 0 Å². The highest BCUT2D eigenvalue weighted by molar-refractivity contribution is 5.91. The number of alkyl carbamates (subject to hydrolysis) is 1. The molecule has 0 unspecified atom stereocenters. The Morgan fingerprint density at radius 3 is 2.00 bits per heavy atom. The average Bonchev–Trinajstić information content (AvgIpc) is 3.63. The van der Waals surface area contributed by atoms with Gasteiger partial charge in [0.05, 0.1) is 38.3 Å². The standard InChI is InChI=1S/C47H51F2N9O6/c1-63-47(62)55-40(30-11-6-3-7-12-30)46(61)58-21-22-64-27-38(58)43-51-25-35(52-43)28-16-19-56(20-17-28)41-33(48)23-32(24-34(41)49)36-26-50-42(53-36)37-13-8-18-57(37)45(60)39(29-9-4-2-5-10-29)54-44(59)31-14-15-31/h2-7,9-12,23-26,28,31,37-40H,8,13-22,27H2,1H3,(H,50,53)(H,51,52)(H,54,59)(H,55,62)/t37-,38-,39+,40+/m0/s1. The Kier molecular flexibility index (Phi) is 12.4. The van der Waals surface area contributed by atoms with E-state index in [0.717, 1.165) is 25.0 Å². The molecule has 1 saturated carbocycles. The van der Waals surface area contributed by atoms with Crippen LogP contribution in [0.25, 0.3) is 11.3 Å². The summed E-state index contributed by atoms with van der Waals surface area (Å²) in [5.74, 6) is -1.04. The van der Waals surface area contributed by atoms with Gasteiger partial charge in [0.25, 0.3) is 5.91 Å². The van der Waals surface area contributed by atoms with Crippen molar-refractivity contribution in [1.82, 2.24) is 40.4 Å². The summed E-state index contributed by atoms with van der Waals surface area (Å²) < 4.78 is 42.5. The van der Waals surface area contributed by atoms with E-state index in [-0.39, 0.29) is 41.9 Å². The van der Waals surface area contributed by atoms with Gasteiger partial charge in [-0.15, -0.1) is 0 Å². The normalized spacial score (nSPS) is 20.1. The van der Waals surface area contributed by atoms with Crippen molar-refractivity contribution < 1.29 is 37.4 Å². The highest BCUT2D eigenvalue weighted by Crippen LogP contribution is 2.38. The van der Waals surface area contributed by atoms with E-state index in [1.165, 1.54) is 25.4 Å². The molecule has 5 heterocycles. The van der Waals surface area contributed by atoms with Gasteiger partial charge in [0, 0.05) is 55.5 Å². The minimum Gasteiger partial charge on any atom is -0.453 e. The van der Waals surface area contributed by atoms with E-state index in [4.69, 9.17) is 9.47 Å². The molecule has 0 spiro atoms. The number of anilines is 1. The number of likely N-dealkylation sites (tertiary alicyclic amines) is 1. The van der Waals surface area contributed by atoms with E-state index in [0.29, 0.717) is 86.1 Å². The van der Waals surface area contributed by atoms with Crippen molar-refractivity contribution in [2.45, 2.75) is 68.6 Å². The van der Waals surface area contributed by atoms with Gasteiger partial charge in [-0.3, -0.25) is 14.4 Å². The summed E-state index contributed by atoms with van der Waals surface area (Å²) >= 11 is 0. The highest BCUT2D eigenvalue weighted by atomic mass is 19.1. The number of piperidine rings is 1. The van der Waals surface area contributed by atoms with Crippen molar-refractivity contribution in [2.75, 3.05) is 51.4 Å². The summed E-state index contributed by atoms with van der Waals surface area (Å²) in [6, 6.07) is 18.0. The van der Waals surface area contributed by atoms with E-state index >= 15 is 8.78 Å². The summed E-state index contributed by atoms with van der Waals surface area (Å²) in [6.45, 7) is 2.10. The Hall–Kier alpha value is -6.62. The number of amides is 4. The van der Waals surface area contributed by atoms with Crippen LogP contribution in [0.3, 0.4) is 0 Å². The predicted octanol–water partition coefficient (Wildman–Crippen LogP) is 6.39. The molecule has 5 aromatic rings. The van der Waals surface area contributed by atoms with Gasteiger partial charge < -0.3 is 44.8 Å². The first kappa shape index (κ1) is 42.7. The lowest BCUT2D eigenvalue weighted by atomic mass is 9.93. The van der Waals surface area contributed by atoms with E-state index in [1.54, 1.807) is 45.2 Å². The SMILES string of the molecule is COC(=O)N[C@@H](C(=O)N1CCOC[C@H]1c1ncc(C2CCN(c3c(F)cc(-c4cnc([C@@H]5CCCN5C(=O)[C@H](NC(=O)C5CC5)c5ccccc5)[nH]4)cc3F)CC2)[nH]1)c1ccccc1. The van der Waals surface area contributed by atoms with Gasteiger partial charge in [-0.25, -0.2) is 23.5 Å². The fourth-order valence-corrected chi connectivity index (χ4v) is 9.21. The highest BCUT2D eigenvalue weighted by Gasteiger charge is 2.40. The van der Waals surface area contributed by atoms with Crippen LogP contribution in [0.15, 0.2) is 85.2 Å². The zero-order chi connectivity index (χ0) is 44.3. The molecule has 4 amide bonds. The lowest BCUT2D eigenvalue weighted by molar-refractivity contribution is -0.143. The van der Waals surface area contributed by atoms with Crippen LogP contribution in [0.1, 0.15) is 97.1 Å². The monoisotopic (exact) mass is 875 g/mol. The Morgan fingerprint density at radius 1 is 0.750 bits per heavy atom. The molecule has 4 fully saturated rings. The third-order valence-corrected chi connectivity index (χ3v) is 12.8. The zero-order valence-corrected chi connectivity index (χ0v) is 35.5. The van der Waals surface area contributed by atoms with Crippen molar-refractivity contribution in [3.8, 4) is 11.3 Å². The molecular weight excluding hydrogens is 825 g/mol. The predicted molar refractivity (Wildman–Crippen MR) is 230 cm³/mol. The minimum absolute atomic E-state index is 0.0255. The van der Waals surface area contributed by atoms with Crippen LogP contribution < -0.4 is 15.5 Å². The number of rotatable bonds is 12. The quantitative estimate of drug-likeness (QED) is 0.111. The fourth-order valence-electron chi connectivity index (χ4n) is 9.21. The molecule has 1 aliphatic carbocycles. The van der Waals surface area contributed by atoms with Gasteiger partial charge in [-0.05, 0) is 61.8 Å². The maximum Gasteiger partial charge on any atom is 0.407 e. The van der Waals surface area contributed by atoms with Gasteiger partial charge in [0.15, 0.2) is 0 Å². The molecule has 0 bridgehead atoms. The van der Waals surface area contributed by atoms with Crippen molar-refractivity contribution >= 4 is 29.5 Å². The molecule has 17 heteroatoms. The molecule has 4 aliphatic rings. The van der Waals surface area contributed by atoms with Gasteiger partial charge in [0.2, 0.25) is 11.8 Å². The number of nitrogens with zero attached hydrogens (tertiary/aromatic N) is 5. The third kappa shape index (κ3) is 8.94. The second-order valence-corrected chi connectivity index (χ2v) is 16.9. The van der Waals surface area contributed by atoms with E-state index < -0.39 is 41.9 Å². The summed E-state index contributed by atoms with van der Waals surface area (Å²) in [5.41, 5.74) is 2.79. The minimum atomic E-state index is -0.980. The number of methoxy groups -OCH3 is 1. The summed E-state index contributed by atoms with van der Waals surface area (Å²) in [4.78, 5) is 74.2. The topological polar surface area (TPSA) is 178 Å². The van der Waals surface area contributed by atoms with E-state index in [1.807, 2.05) is 36.4 Å². The smallest absolute Gasteiger partial charge is 0.407 e. The van der Waals surface area contributed by atoms with Crippen LogP contribution in [0, 0.1) is 17.6 Å². The van der Waals surface area contributed by atoms with Crippen LogP contribution in [0.5, 0.6) is 0 Å². The number of nitrogens with one attached hydrogen (secondary N) is 4. The number of morpholine rings is 1. The number of aromatic amines is 2. The van der Waals surface area contributed by atoms with Gasteiger partial charge in [-0.1, -0.05) is 60.7 Å². The van der Waals surface area contributed by atoms with Crippen molar-refractivity contribution in [2.24, 2.45) is 5.92 Å². The third-order valence-electron chi connectivity index (χ3n) is 12.8. The molecule has 64 heavy (non-hydrogen) atoms. The summed E-state index contributed by atoms with van der Waals surface area (Å²) in [7, 11) is 1.24. The number of benzene rings is 3. The molecule has 9 rings (SSSR count). The van der Waals surface area contributed by atoms with Crippen molar-refractivity contribution in [3.05, 3.63) is 125 Å². The van der Waals surface area contributed by atoms with Gasteiger partial charge in [-0.2, -0.15) is 0 Å². The lowest BCUT2D eigenvalue weighted by Crippen LogP contribution is -2.49. The number of halogens is 2. The average molecular weight is 876 g/mol. The maximum absolute atomic E-state index is 16.0. The molecule has 334 valence electrons. The largest absolute Gasteiger partial charge is 0.453 e. The molecule has 3 aromatic carbocycles. The Morgan fingerprint density at radius 2 is 1.36 bits per heavy atom. The van der Waals surface area contributed by atoms with Crippen molar-refractivity contribution in [1.29, 1.82) is 0 Å². The second-order valence-electron chi connectivity index (χ2n) is 16.9. The number of carbonyl (C=O) groups is 4. The number of ether oxygens (including phenoxy) is 2. The Balaban J connectivity index is 0.849. The number of carbonyl (C=O) groups excluding carboxylic acids is 4. The lowest BCUT2D eigenvalue weighted by Gasteiger charge is -2.37. The summed E-state index contributed by atoms with van der Waals surface area (Å²) in [6.07, 6.45) is 6.77. The first-order chi connectivity index (χ1) is 31.2. The van der Waals surface area contributed by atoms with Crippen LogP contribution in [0.4, 0.5) is 19.3 Å². The van der Waals surface area contributed by atoms with E-state index in [9.17, 15) is 19.2 Å². The molecular formula is C47H51F2N9O6. The van der Waals surface area contributed by atoms with Gasteiger partial charge >= 0.3 is 6.09 Å². The molecule has 4 N–H and O–H groups in total. The number of aromatic nitrogens is 4. The zero-order valence-electron chi connectivity index (χ0n) is 35.5. The Bertz CT molecular complexity index is 2450. The molecule has 0 radical (unpaired) electrons. The van der Waals surface area contributed by atoms with Crippen LogP contribution in [0.2, 0.25) is 0 Å². The molecule has 2 aromatic heterocycles. The second kappa shape index (κ2) is 18.6. The molecule has 3 saturated heterocycles. The summed E-state index contributed by atoms with van der Waals surface area (Å²) in [5, 5.41) is 5.65. The number of imidazole rings is 2. The first-order valence-corrected chi connectivity index (χ1v) is 21.9. The molecule has 4 atom stereocenters. The Labute approximate surface area is 368 Å².